The third kappa shape index (κ3) is 2.98. The van der Waals surface area contributed by atoms with Crippen molar-refractivity contribution in [2.45, 2.75) is 6.54 Å². The topological polar surface area (TPSA) is 43.6 Å². The van der Waals surface area contributed by atoms with Crippen LogP contribution >= 0.6 is 0 Å². The molecule has 0 amide bonds. The van der Waals surface area contributed by atoms with Crippen LogP contribution in [0.25, 0.3) is 12.2 Å². The van der Waals surface area contributed by atoms with E-state index in [2.05, 4.69) is 27.7 Å². The fourth-order valence-electron chi connectivity index (χ4n) is 1.93. The van der Waals surface area contributed by atoms with E-state index in [9.17, 15) is 0 Å². The molecule has 0 atom stereocenters. The van der Waals surface area contributed by atoms with Crippen LogP contribution in [-0.2, 0) is 6.54 Å². The molecule has 0 bridgehead atoms. The quantitative estimate of drug-likeness (QED) is 0.726. The van der Waals surface area contributed by atoms with Crippen molar-refractivity contribution in [3.05, 3.63) is 77.6 Å². The minimum atomic E-state index is 0.669. The van der Waals surface area contributed by atoms with Crippen LogP contribution in [0.1, 0.15) is 17.0 Å². The zero-order valence-corrected chi connectivity index (χ0v) is 10.9. The fraction of sp³-hybridized carbons (Fsp3) is 0.0625. The Bertz CT molecular complexity index is 687. The van der Waals surface area contributed by atoms with Crippen molar-refractivity contribution in [2.24, 2.45) is 0 Å². The number of nitrogens with zero attached hydrogens (tertiary/aromatic N) is 4. The summed E-state index contributed by atoms with van der Waals surface area (Å²) in [5.74, 6) is 0.748. The summed E-state index contributed by atoms with van der Waals surface area (Å²) in [4.78, 5) is 0. The predicted octanol–water partition coefficient (Wildman–Crippen LogP) is 2.89. The van der Waals surface area contributed by atoms with E-state index in [0.29, 0.717) is 6.54 Å². The highest BCUT2D eigenvalue weighted by atomic mass is 15.5. The fourth-order valence-corrected chi connectivity index (χ4v) is 1.93. The van der Waals surface area contributed by atoms with Gasteiger partial charge in [-0.25, -0.2) is 4.68 Å². The third-order valence-corrected chi connectivity index (χ3v) is 2.96. The van der Waals surface area contributed by atoms with E-state index in [0.717, 1.165) is 11.4 Å². The molecule has 0 aliphatic heterocycles. The van der Waals surface area contributed by atoms with Crippen molar-refractivity contribution in [3.63, 3.8) is 0 Å². The second-order valence-electron chi connectivity index (χ2n) is 4.42. The van der Waals surface area contributed by atoms with Crippen molar-refractivity contribution in [3.8, 4) is 0 Å². The van der Waals surface area contributed by atoms with Gasteiger partial charge >= 0.3 is 0 Å². The average Bonchev–Trinajstić information content (AvgIpc) is 2.94. The molecular weight excluding hydrogens is 248 g/mol. The Morgan fingerprint density at radius 3 is 2.30 bits per heavy atom. The van der Waals surface area contributed by atoms with E-state index in [1.165, 1.54) is 5.56 Å². The van der Waals surface area contributed by atoms with Crippen LogP contribution in [-0.4, -0.2) is 20.2 Å². The summed E-state index contributed by atoms with van der Waals surface area (Å²) in [7, 11) is 0. The maximum absolute atomic E-state index is 4.04. The van der Waals surface area contributed by atoms with Gasteiger partial charge in [-0.1, -0.05) is 66.7 Å². The van der Waals surface area contributed by atoms with Gasteiger partial charge in [0.25, 0.3) is 0 Å². The van der Waals surface area contributed by atoms with E-state index in [-0.39, 0.29) is 0 Å². The third-order valence-electron chi connectivity index (χ3n) is 2.96. The lowest BCUT2D eigenvalue weighted by molar-refractivity contribution is 0.644. The number of tetrazole rings is 1. The van der Waals surface area contributed by atoms with Crippen LogP contribution in [0.15, 0.2) is 60.7 Å². The van der Waals surface area contributed by atoms with Gasteiger partial charge in [0.05, 0.1) is 6.54 Å². The van der Waals surface area contributed by atoms with Gasteiger partial charge in [-0.05, 0) is 27.6 Å². The van der Waals surface area contributed by atoms with Crippen LogP contribution < -0.4 is 0 Å². The molecule has 3 aromatic rings. The molecule has 0 aliphatic carbocycles. The lowest BCUT2D eigenvalue weighted by Crippen LogP contribution is -2.04. The highest BCUT2D eigenvalue weighted by Crippen LogP contribution is 2.07. The van der Waals surface area contributed by atoms with Crippen molar-refractivity contribution in [1.29, 1.82) is 0 Å². The van der Waals surface area contributed by atoms with Crippen molar-refractivity contribution < 1.29 is 0 Å². The lowest BCUT2D eigenvalue weighted by atomic mass is 10.2. The summed E-state index contributed by atoms with van der Waals surface area (Å²) in [6.07, 6.45) is 3.94. The Hall–Kier alpha value is -2.75. The van der Waals surface area contributed by atoms with Gasteiger partial charge in [-0.15, -0.1) is 5.10 Å². The molecule has 0 N–H and O–H groups in total. The summed E-state index contributed by atoms with van der Waals surface area (Å²) in [6, 6.07) is 20.2. The van der Waals surface area contributed by atoms with Gasteiger partial charge < -0.3 is 0 Å². The first-order valence-corrected chi connectivity index (χ1v) is 6.45. The maximum atomic E-state index is 4.04. The molecule has 0 spiro atoms. The van der Waals surface area contributed by atoms with E-state index in [1.807, 2.05) is 60.7 Å². The van der Waals surface area contributed by atoms with Crippen LogP contribution in [0.4, 0.5) is 0 Å². The molecule has 1 aromatic heterocycles. The number of benzene rings is 2. The van der Waals surface area contributed by atoms with E-state index in [1.54, 1.807) is 4.68 Å². The highest BCUT2D eigenvalue weighted by molar-refractivity contribution is 5.66. The molecule has 0 fully saturated rings. The van der Waals surface area contributed by atoms with E-state index >= 15 is 0 Å². The zero-order valence-electron chi connectivity index (χ0n) is 10.9. The van der Waals surface area contributed by atoms with Crippen LogP contribution in [0.5, 0.6) is 0 Å². The van der Waals surface area contributed by atoms with E-state index in [4.69, 9.17) is 0 Å². The lowest BCUT2D eigenvalue weighted by Gasteiger charge is -2.01. The maximum Gasteiger partial charge on any atom is 0.175 e. The molecule has 0 radical (unpaired) electrons. The predicted molar refractivity (Wildman–Crippen MR) is 78.7 cm³/mol. The average molecular weight is 262 g/mol. The minimum absolute atomic E-state index is 0.669. The number of aromatic nitrogens is 4. The van der Waals surface area contributed by atoms with Gasteiger partial charge in [0.1, 0.15) is 0 Å². The van der Waals surface area contributed by atoms with Crippen LogP contribution in [0.3, 0.4) is 0 Å². The second-order valence-corrected chi connectivity index (χ2v) is 4.42. The molecule has 4 nitrogen and oxygen atoms in total. The van der Waals surface area contributed by atoms with Crippen LogP contribution in [0, 0.1) is 0 Å². The summed E-state index contributed by atoms with van der Waals surface area (Å²) >= 11 is 0. The molecule has 20 heavy (non-hydrogen) atoms. The molecule has 0 saturated carbocycles. The molecule has 98 valence electrons. The first-order chi connectivity index (χ1) is 9.92. The van der Waals surface area contributed by atoms with Gasteiger partial charge in [-0.2, -0.15) is 0 Å². The molecule has 3 rings (SSSR count). The number of hydrogen-bond donors (Lipinski definition) is 0. The normalized spacial score (nSPS) is 11.0. The molecule has 4 heteroatoms. The number of rotatable bonds is 4. The monoisotopic (exact) mass is 262 g/mol. The summed E-state index contributed by atoms with van der Waals surface area (Å²) < 4.78 is 1.79. The molecule has 0 saturated heterocycles. The second kappa shape index (κ2) is 5.93. The smallest absolute Gasteiger partial charge is 0.175 e. The van der Waals surface area contributed by atoms with E-state index < -0.39 is 0 Å². The summed E-state index contributed by atoms with van der Waals surface area (Å²) in [5, 5.41) is 11.8. The standard InChI is InChI=1S/C16H14N4/c1-3-7-14(8-4-1)11-12-16-17-18-19-20(16)13-15-9-5-2-6-10-15/h1-12H,13H2/b12-11+. The molecule has 0 unspecified atom stereocenters. The van der Waals surface area contributed by atoms with Gasteiger partial charge in [0.2, 0.25) is 0 Å². The Kier molecular flexibility index (Phi) is 3.64. The van der Waals surface area contributed by atoms with Gasteiger partial charge in [0.15, 0.2) is 5.82 Å². The van der Waals surface area contributed by atoms with Crippen LogP contribution in [0.2, 0.25) is 0 Å². The Morgan fingerprint density at radius 2 is 1.55 bits per heavy atom. The largest absolute Gasteiger partial charge is 0.221 e. The molecule has 1 heterocycles. The van der Waals surface area contributed by atoms with Crippen molar-refractivity contribution >= 4 is 12.2 Å². The highest BCUT2D eigenvalue weighted by Gasteiger charge is 2.02. The van der Waals surface area contributed by atoms with Gasteiger partial charge in [-0.3, -0.25) is 0 Å². The number of hydrogen-bond acceptors (Lipinski definition) is 3. The Labute approximate surface area is 117 Å². The SMILES string of the molecule is C(=C\c1nnnn1Cc1ccccc1)/c1ccccc1. The van der Waals surface area contributed by atoms with Crippen molar-refractivity contribution in [1.82, 2.24) is 20.2 Å². The zero-order chi connectivity index (χ0) is 13.6. The first kappa shape index (κ1) is 12.3. The summed E-state index contributed by atoms with van der Waals surface area (Å²) in [6.45, 7) is 0.669. The Balaban J connectivity index is 1.79. The molecular formula is C16H14N4. The molecule has 2 aromatic carbocycles. The first-order valence-electron chi connectivity index (χ1n) is 6.45. The summed E-state index contributed by atoms with van der Waals surface area (Å²) in [5.41, 5.74) is 2.30. The Morgan fingerprint density at radius 1 is 0.850 bits per heavy atom. The van der Waals surface area contributed by atoms with Crippen molar-refractivity contribution in [2.75, 3.05) is 0 Å². The molecule has 0 aliphatic rings. The minimum Gasteiger partial charge on any atom is -0.221 e. The van der Waals surface area contributed by atoms with Gasteiger partial charge in [0, 0.05) is 0 Å².